The first-order chi connectivity index (χ1) is 21.0. The van der Waals surface area contributed by atoms with Gasteiger partial charge < -0.3 is 23.8 Å². The summed E-state index contributed by atoms with van der Waals surface area (Å²) in [6.07, 6.45) is 5.26. The Kier molecular flexibility index (Phi) is 22.4. The van der Waals surface area contributed by atoms with E-state index in [0.717, 1.165) is 63.3 Å². The van der Waals surface area contributed by atoms with E-state index in [9.17, 15) is 9.59 Å². The quantitative estimate of drug-likeness (QED) is 0.265. The van der Waals surface area contributed by atoms with Crippen LogP contribution in [0.25, 0.3) is 0 Å². The van der Waals surface area contributed by atoms with Gasteiger partial charge in [-0.1, -0.05) is 96.1 Å². The summed E-state index contributed by atoms with van der Waals surface area (Å²) in [6, 6.07) is 6.09. The van der Waals surface area contributed by atoms with Gasteiger partial charge in [-0.25, -0.2) is 0 Å². The minimum Gasteiger partial charge on any atom is -0.493 e. The predicted molar refractivity (Wildman–Crippen MR) is 194 cm³/mol. The number of ether oxygens (including phenoxy) is 4. The van der Waals surface area contributed by atoms with Crippen molar-refractivity contribution in [3.8, 4) is 11.5 Å². The maximum atomic E-state index is 11.7. The average Bonchev–Trinajstić information content (AvgIpc) is 2.90. The number of Topliss-reactive ketones (excluding diaryl/α,β-unsaturated/α-hetero) is 1. The van der Waals surface area contributed by atoms with Crippen molar-refractivity contribution < 1.29 is 28.5 Å². The largest absolute Gasteiger partial charge is 0.493 e. The first-order valence-electron chi connectivity index (χ1n) is 17.0. The molecule has 7 nitrogen and oxygen atoms in total. The second-order valence-corrected chi connectivity index (χ2v) is 17.0. The SMILES string of the molecule is CC(C)(C)CC(=O)N1CCOCC1.CCCC(=O)CC(C)(C)C.COCCC(C)(C)C.COc1ccc(CC(C)(C)C)cc1OC. The number of hydrogen-bond donors (Lipinski definition) is 0. The van der Waals surface area contributed by atoms with Crippen LogP contribution in [0.3, 0.4) is 0 Å². The van der Waals surface area contributed by atoms with E-state index in [4.69, 9.17) is 18.9 Å². The summed E-state index contributed by atoms with van der Waals surface area (Å²) in [5.41, 5.74) is 2.26. The number of methoxy groups -OCH3 is 3. The van der Waals surface area contributed by atoms with Crippen LogP contribution in [0.2, 0.25) is 0 Å². The molecule has 7 heteroatoms. The lowest BCUT2D eigenvalue weighted by Crippen LogP contribution is -2.41. The number of benzene rings is 1. The minimum absolute atomic E-state index is 0.0926. The smallest absolute Gasteiger partial charge is 0.223 e. The third kappa shape index (κ3) is 28.1. The molecule has 2 rings (SSSR count). The standard InChI is InChI=1S/C13H20O2.C10H19NO2.C9H18O.C7H16O/c1-13(2,3)9-10-6-7-11(14-4)12(8-10)15-5;1-10(2,3)8-9(12)11-4-6-13-7-5-11;1-5-6-8(10)7-9(2,3)4;1-7(2,3)5-6-8-4/h6-8H,9H2,1-5H3;4-8H2,1-3H3;5-7H2,1-4H3;5-6H2,1-4H3. The van der Waals surface area contributed by atoms with Gasteiger partial charge in [0.15, 0.2) is 11.5 Å². The predicted octanol–water partition coefficient (Wildman–Crippen LogP) is 9.43. The van der Waals surface area contributed by atoms with Crippen LogP contribution < -0.4 is 9.47 Å². The van der Waals surface area contributed by atoms with E-state index < -0.39 is 0 Å². The van der Waals surface area contributed by atoms with Crippen molar-refractivity contribution in [2.45, 2.75) is 129 Å². The van der Waals surface area contributed by atoms with Gasteiger partial charge in [0.25, 0.3) is 0 Å². The summed E-state index contributed by atoms with van der Waals surface area (Å²) in [5.74, 6) is 2.25. The molecule has 1 aromatic carbocycles. The van der Waals surface area contributed by atoms with Crippen molar-refractivity contribution in [3.63, 3.8) is 0 Å². The molecule has 1 fully saturated rings. The minimum atomic E-state index is 0.0926. The summed E-state index contributed by atoms with van der Waals surface area (Å²) < 4.78 is 20.6. The van der Waals surface area contributed by atoms with Gasteiger partial charge in [0.05, 0.1) is 27.4 Å². The molecular weight excluding hydrogens is 578 g/mol. The highest BCUT2D eigenvalue weighted by Crippen LogP contribution is 2.30. The van der Waals surface area contributed by atoms with Gasteiger partial charge in [-0.15, -0.1) is 0 Å². The van der Waals surface area contributed by atoms with Crippen LogP contribution in [-0.4, -0.2) is 70.8 Å². The maximum Gasteiger partial charge on any atom is 0.223 e. The molecule has 0 saturated carbocycles. The van der Waals surface area contributed by atoms with Crippen molar-refractivity contribution >= 4 is 11.7 Å². The molecule has 1 aliphatic heterocycles. The molecule has 0 atom stereocenters. The number of amides is 1. The number of nitrogens with zero attached hydrogens (tertiary/aromatic N) is 1. The van der Waals surface area contributed by atoms with Gasteiger partial charge in [-0.05, 0) is 58.6 Å². The highest BCUT2D eigenvalue weighted by molar-refractivity contribution is 5.78. The van der Waals surface area contributed by atoms with Crippen LogP contribution in [-0.2, 0) is 25.5 Å². The fraction of sp³-hybridized carbons (Fsp3) is 0.795. The molecule has 1 saturated heterocycles. The van der Waals surface area contributed by atoms with E-state index in [1.54, 1.807) is 21.3 Å². The molecule has 1 aliphatic rings. The second kappa shape index (κ2) is 22.4. The molecule has 0 radical (unpaired) electrons. The summed E-state index contributed by atoms with van der Waals surface area (Å²) >= 11 is 0. The molecule has 1 heterocycles. The van der Waals surface area contributed by atoms with Crippen LogP contribution >= 0.6 is 0 Å². The highest BCUT2D eigenvalue weighted by atomic mass is 16.5. The number of hydrogen-bond acceptors (Lipinski definition) is 6. The van der Waals surface area contributed by atoms with Crippen LogP contribution in [0, 0.1) is 21.7 Å². The fourth-order valence-corrected chi connectivity index (χ4v) is 4.35. The molecule has 0 aliphatic carbocycles. The summed E-state index contributed by atoms with van der Waals surface area (Å²) in [6.45, 7) is 31.7. The first-order valence-corrected chi connectivity index (χ1v) is 17.0. The first kappa shape index (κ1) is 46.0. The van der Waals surface area contributed by atoms with Gasteiger partial charge in [0, 0.05) is 46.1 Å². The topological polar surface area (TPSA) is 74.3 Å². The van der Waals surface area contributed by atoms with Gasteiger partial charge in [0.2, 0.25) is 5.91 Å². The van der Waals surface area contributed by atoms with Gasteiger partial charge in [-0.2, -0.15) is 0 Å². The Balaban J connectivity index is 0. The van der Waals surface area contributed by atoms with E-state index in [1.807, 2.05) is 24.0 Å². The van der Waals surface area contributed by atoms with E-state index in [-0.39, 0.29) is 16.7 Å². The second-order valence-electron chi connectivity index (χ2n) is 17.0. The highest BCUT2D eigenvalue weighted by Gasteiger charge is 2.22. The van der Waals surface area contributed by atoms with Crippen LogP contribution in [0.5, 0.6) is 11.5 Å². The molecule has 270 valence electrons. The summed E-state index contributed by atoms with van der Waals surface area (Å²) in [5, 5.41) is 0. The third-order valence-corrected chi connectivity index (χ3v) is 6.54. The third-order valence-electron chi connectivity index (χ3n) is 6.54. The Labute approximate surface area is 284 Å². The molecule has 46 heavy (non-hydrogen) atoms. The summed E-state index contributed by atoms with van der Waals surface area (Å²) in [4.78, 5) is 24.6. The Morgan fingerprint density at radius 2 is 1.26 bits per heavy atom. The zero-order chi connectivity index (χ0) is 36.2. The van der Waals surface area contributed by atoms with E-state index in [0.29, 0.717) is 36.2 Å². The van der Waals surface area contributed by atoms with Crippen LogP contribution in [0.15, 0.2) is 18.2 Å². The number of carbonyl (C=O) groups is 2. The molecule has 0 aromatic heterocycles. The fourth-order valence-electron chi connectivity index (χ4n) is 4.35. The van der Waals surface area contributed by atoms with Crippen LogP contribution in [0.4, 0.5) is 0 Å². The number of rotatable bonds is 9. The lowest BCUT2D eigenvalue weighted by Gasteiger charge is -2.29. The molecule has 0 N–H and O–H groups in total. The zero-order valence-electron chi connectivity index (χ0n) is 32.9. The normalized spacial score (nSPS) is 13.6. The molecular formula is C39H73NO6. The van der Waals surface area contributed by atoms with Crippen molar-refractivity contribution in [1.82, 2.24) is 4.90 Å². The van der Waals surface area contributed by atoms with Crippen molar-refractivity contribution in [2.75, 3.05) is 54.2 Å². The average molecular weight is 652 g/mol. The van der Waals surface area contributed by atoms with Gasteiger partial charge in [0.1, 0.15) is 5.78 Å². The van der Waals surface area contributed by atoms with Crippen molar-refractivity contribution in [1.29, 1.82) is 0 Å². The van der Waals surface area contributed by atoms with E-state index in [1.165, 1.54) is 5.56 Å². The van der Waals surface area contributed by atoms with Crippen molar-refractivity contribution in [2.24, 2.45) is 21.7 Å². The molecule has 0 spiro atoms. The molecule has 1 amide bonds. The monoisotopic (exact) mass is 652 g/mol. The lowest BCUT2D eigenvalue weighted by molar-refractivity contribution is -0.137. The maximum absolute atomic E-state index is 11.7. The zero-order valence-corrected chi connectivity index (χ0v) is 32.9. The van der Waals surface area contributed by atoms with Crippen molar-refractivity contribution in [3.05, 3.63) is 23.8 Å². The Morgan fingerprint density at radius 3 is 1.63 bits per heavy atom. The lowest BCUT2D eigenvalue weighted by atomic mass is 9.88. The molecule has 1 aromatic rings. The molecule has 0 bridgehead atoms. The van der Waals surface area contributed by atoms with Crippen LogP contribution in [0.1, 0.15) is 128 Å². The number of carbonyl (C=O) groups excluding carboxylic acids is 2. The Hall–Kier alpha value is -2.12. The Morgan fingerprint density at radius 1 is 0.739 bits per heavy atom. The van der Waals surface area contributed by atoms with E-state index in [2.05, 4.69) is 89.2 Å². The summed E-state index contributed by atoms with van der Waals surface area (Å²) in [7, 11) is 5.06. The van der Waals surface area contributed by atoms with Gasteiger partial charge in [-0.3, -0.25) is 9.59 Å². The Bertz CT molecular complexity index is 955. The number of ketones is 1. The van der Waals surface area contributed by atoms with E-state index >= 15 is 0 Å². The molecule has 0 unspecified atom stereocenters. The van der Waals surface area contributed by atoms with Gasteiger partial charge >= 0.3 is 0 Å². The number of morpholine rings is 1.